The molecular formula is C14H20BrFN2. The van der Waals surface area contributed by atoms with E-state index in [4.69, 9.17) is 5.73 Å². The molecule has 1 fully saturated rings. The average Bonchev–Trinajstić information content (AvgIpc) is 2.67. The van der Waals surface area contributed by atoms with Crippen molar-refractivity contribution in [3.63, 3.8) is 0 Å². The molecule has 18 heavy (non-hydrogen) atoms. The molecule has 0 amide bonds. The number of hydrogen-bond acceptors (Lipinski definition) is 2. The van der Waals surface area contributed by atoms with Gasteiger partial charge in [-0.2, -0.15) is 0 Å². The van der Waals surface area contributed by atoms with Crippen molar-refractivity contribution < 1.29 is 4.39 Å². The van der Waals surface area contributed by atoms with E-state index in [-0.39, 0.29) is 5.82 Å². The Kier molecular flexibility index (Phi) is 4.15. The van der Waals surface area contributed by atoms with Crippen LogP contribution < -0.4 is 11.1 Å². The maximum Gasteiger partial charge on any atom is 0.139 e. The van der Waals surface area contributed by atoms with Crippen LogP contribution in [0.15, 0.2) is 16.6 Å². The highest BCUT2D eigenvalue weighted by atomic mass is 79.9. The molecule has 4 heteroatoms. The summed E-state index contributed by atoms with van der Waals surface area (Å²) in [4.78, 5) is 0. The fourth-order valence-electron chi connectivity index (χ4n) is 2.91. The molecule has 0 aromatic heterocycles. The van der Waals surface area contributed by atoms with Crippen molar-refractivity contribution in [3.05, 3.63) is 22.4 Å². The second-order valence-corrected chi connectivity index (χ2v) is 6.06. The highest BCUT2D eigenvalue weighted by Gasteiger charge is 2.31. The average molecular weight is 315 g/mol. The third-order valence-electron chi connectivity index (χ3n) is 4.18. The Bertz CT molecular complexity index is 436. The van der Waals surface area contributed by atoms with Gasteiger partial charge in [0.05, 0.1) is 15.8 Å². The molecule has 0 saturated heterocycles. The van der Waals surface area contributed by atoms with Crippen LogP contribution in [0.4, 0.5) is 15.8 Å². The largest absolute Gasteiger partial charge is 0.397 e. The molecule has 0 radical (unpaired) electrons. The predicted octanol–water partition coefficient (Wildman–Crippen LogP) is 4.41. The number of anilines is 2. The zero-order chi connectivity index (χ0) is 13.3. The van der Waals surface area contributed by atoms with Gasteiger partial charge in [-0.15, -0.1) is 0 Å². The summed E-state index contributed by atoms with van der Waals surface area (Å²) < 4.78 is 13.9. The molecule has 3 N–H and O–H groups in total. The van der Waals surface area contributed by atoms with Gasteiger partial charge in [-0.05, 0) is 46.7 Å². The van der Waals surface area contributed by atoms with Crippen LogP contribution in [-0.2, 0) is 0 Å². The quantitative estimate of drug-likeness (QED) is 0.811. The SMILES string of the molecule is CCC1CCC(Nc2cc(F)c(Br)cc2N)C1C. The van der Waals surface area contributed by atoms with E-state index in [9.17, 15) is 4.39 Å². The summed E-state index contributed by atoms with van der Waals surface area (Å²) >= 11 is 3.14. The van der Waals surface area contributed by atoms with Gasteiger partial charge in [0, 0.05) is 12.1 Å². The first-order valence-corrected chi connectivity index (χ1v) is 7.33. The van der Waals surface area contributed by atoms with Crippen LogP contribution in [0.2, 0.25) is 0 Å². The van der Waals surface area contributed by atoms with E-state index >= 15 is 0 Å². The van der Waals surface area contributed by atoms with Gasteiger partial charge in [0.1, 0.15) is 5.82 Å². The lowest BCUT2D eigenvalue weighted by atomic mass is 9.93. The molecule has 3 atom stereocenters. The van der Waals surface area contributed by atoms with E-state index in [2.05, 4.69) is 35.1 Å². The van der Waals surface area contributed by atoms with Crippen molar-refractivity contribution >= 4 is 27.3 Å². The van der Waals surface area contributed by atoms with Crippen LogP contribution in [0, 0.1) is 17.7 Å². The second kappa shape index (κ2) is 5.47. The fraction of sp³-hybridized carbons (Fsp3) is 0.571. The van der Waals surface area contributed by atoms with Gasteiger partial charge < -0.3 is 11.1 Å². The normalized spacial score (nSPS) is 27.4. The molecule has 100 valence electrons. The molecule has 0 bridgehead atoms. The van der Waals surface area contributed by atoms with Crippen LogP contribution >= 0.6 is 15.9 Å². The van der Waals surface area contributed by atoms with E-state index in [1.807, 2.05) is 0 Å². The lowest BCUT2D eigenvalue weighted by Gasteiger charge is -2.23. The summed E-state index contributed by atoms with van der Waals surface area (Å²) in [6.45, 7) is 4.50. The number of nitrogens with two attached hydrogens (primary N) is 1. The molecule has 1 aliphatic rings. The van der Waals surface area contributed by atoms with Crippen molar-refractivity contribution in [1.29, 1.82) is 0 Å². The maximum atomic E-state index is 13.5. The Balaban J connectivity index is 2.13. The molecule has 0 spiro atoms. The van der Waals surface area contributed by atoms with Crippen LogP contribution in [0.25, 0.3) is 0 Å². The van der Waals surface area contributed by atoms with E-state index in [1.54, 1.807) is 6.07 Å². The molecule has 0 heterocycles. The summed E-state index contributed by atoms with van der Waals surface area (Å²) in [6.07, 6.45) is 3.59. The molecule has 2 rings (SSSR count). The Morgan fingerprint density at radius 1 is 1.44 bits per heavy atom. The minimum Gasteiger partial charge on any atom is -0.397 e. The molecular weight excluding hydrogens is 295 g/mol. The summed E-state index contributed by atoms with van der Waals surface area (Å²) in [5.41, 5.74) is 7.23. The Morgan fingerprint density at radius 3 is 2.78 bits per heavy atom. The zero-order valence-electron chi connectivity index (χ0n) is 10.8. The van der Waals surface area contributed by atoms with Gasteiger partial charge in [-0.25, -0.2) is 4.39 Å². The number of rotatable bonds is 3. The topological polar surface area (TPSA) is 38.0 Å². The van der Waals surface area contributed by atoms with Gasteiger partial charge in [-0.1, -0.05) is 20.3 Å². The van der Waals surface area contributed by atoms with Crippen molar-refractivity contribution in [3.8, 4) is 0 Å². The lowest BCUT2D eigenvalue weighted by molar-refractivity contribution is 0.392. The highest BCUT2D eigenvalue weighted by Crippen LogP contribution is 2.37. The summed E-state index contributed by atoms with van der Waals surface area (Å²) in [5.74, 6) is 1.11. The first-order valence-electron chi connectivity index (χ1n) is 6.54. The number of halogens is 2. The molecule has 1 aliphatic carbocycles. The van der Waals surface area contributed by atoms with Crippen molar-refractivity contribution in [1.82, 2.24) is 0 Å². The number of benzene rings is 1. The molecule has 2 nitrogen and oxygen atoms in total. The van der Waals surface area contributed by atoms with Crippen molar-refractivity contribution in [2.45, 2.75) is 39.2 Å². The third-order valence-corrected chi connectivity index (χ3v) is 4.79. The van der Waals surface area contributed by atoms with Gasteiger partial charge in [0.2, 0.25) is 0 Å². The summed E-state index contributed by atoms with van der Waals surface area (Å²) in [6, 6.07) is 3.50. The molecule has 0 aliphatic heterocycles. The Morgan fingerprint density at radius 2 is 2.17 bits per heavy atom. The second-order valence-electron chi connectivity index (χ2n) is 5.21. The molecule has 1 saturated carbocycles. The summed E-state index contributed by atoms with van der Waals surface area (Å²) in [5, 5.41) is 3.41. The maximum absolute atomic E-state index is 13.5. The van der Waals surface area contributed by atoms with Gasteiger partial charge in [-0.3, -0.25) is 0 Å². The summed E-state index contributed by atoms with van der Waals surface area (Å²) in [7, 11) is 0. The Hall–Kier alpha value is -0.770. The van der Waals surface area contributed by atoms with E-state index in [0.717, 1.165) is 12.3 Å². The highest BCUT2D eigenvalue weighted by molar-refractivity contribution is 9.10. The van der Waals surface area contributed by atoms with Gasteiger partial charge in [0.25, 0.3) is 0 Å². The zero-order valence-corrected chi connectivity index (χ0v) is 12.4. The number of nitrogen functional groups attached to an aromatic ring is 1. The van der Waals surface area contributed by atoms with Crippen LogP contribution in [-0.4, -0.2) is 6.04 Å². The first kappa shape index (κ1) is 13.7. The van der Waals surface area contributed by atoms with E-state index < -0.39 is 0 Å². The third kappa shape index (κ3) is 2.63. The number of nitrogens with one attached hydrogen (secondary N) is 1. The van der Waals surface area contributed by atoms with Crippen molar-refractivity contribution in [2.75, 3.05) is 11.1 Å². The monoisotopic (exact) mass is 314 g/mol. The van der Waals surface area contributed by atoms with Crippen LogP contribution in [0.1, 0.15) is 33.1 Å². The van der Waals surface area contributed by atoms with Crippen LogP contribution in [0.3, 0.4) is 0 Å². The minimum atomic E-state index is -0.274. The van der Waals surface area contributed by atoms with E-state index in [0.29, 0.717) is 27.8 Å². The van der Waals surface area contributed by atoms with E-state index in [1.165, 1.54) is 18.9 Å². The predicted molar refractivity (Wildman–Crippen MR) is 78.1 cm³/mol. The number of hydrogen-bond donors (Lipinski definition) is 2. The smallest absolute Gasteiger partial charge is 0.139 e. The molecule has 3 unspecified atom stereocenters. The van der Waals surface area contributed by atoms with Crippen molar-refractivity contribution in [2.24, 2.45) is 11.8 Å². The lowest BCUT2D eigenvalue weighted by Crippen LogP contribution is -2.25. The minimum absolute atomic E-state index is 0.274. The van der Waals surface area contributed by atoms with Gasteiger partial charge >= 0.3 is 0 Å². The Labute approximate surface area is 116 Å². The standard InChI is InChI=1S/C14H20BrFN2/c1-3-9-4-5-13(8(9)2)18-14-7-11(16)10(15)6-12(14)17/h6-9,13,18H,3-5,17H2,1-2H3. The molecule has 1 aromatic carbocycles. The fourth-order valence-corrected chi connectivity index (χ4v) is 3.28. The first-order chi connectivity index (χ1) is 8.52. The van der Waals surface area contributed by atoms with Crippen LogP contribution in [0.5, 0.6) is 0 Å². The molecule has 1 aromatic rings. The van der Waals surface area contributed by atoms with Gasteiger partial charge in [0.15, 0.2) is 0 Å².